The number of nitrogens with zero attached hydrogens (tertiary/aromatic N) is 1. The molecule has 0 fully saturated rings. The number of carboxylic acid groups (broad SMARTS) is 1. The van der Waals surface area contributed by atoms with Gasteiger partial charge in [-0.25, -0.2) is 4.79 Å². The molecule has 34 heavy (non-hydrogen) atoms. The molecule has 0 aromatic heterocycles. The van der Waals surface area contributed by atoms with Crippen LogP contribution in [0.2, 0.25) is 0 Å². The number of hydrogen-bond donors (Lipinski definition) is 3. The van der Waals surface area contributed by atoms with E-state index in [-0.39, 0.29) is 17.5 Å². The Morgan fingerprint density at radius 3 is 1.94 bits per heavy atom. The molecule has 2 amide bonds. The Hall–Kier alpha value is -2.51. The highest BCUT2D eigenvalue weighted by Crippen LogP contribution is 2.30. The molecule has 0 saturated carbocycles. The van der Waals surface area contributed by atoms with E-state index in [1.807, 2.05) is 83.7 Å². The average molecular weight is 474 g/mol. The quantitative estimate of drug-likeness (QED) is 0.449. The van der Waals surface area contributed by atoms with E-state index in [1.165, 1.54) is 0 Å². The van der Waals surface area contributed by atoms with Crippen LogP contribution in [0, 0.1) is 11.3 Å². The summed E-state index contributed by atoms with van der Waals surface area (Å²) in [4.78, 5) is 40.2. The van der Waals surface area contributed by atoms with Gasteiger partial charge in [0.25, 0.3) is 0 Å². The first-order valence-electron chi connectivity index (χ1n) is 11.8. The highest BCUT2D eigenvalue weighted by Gasteiger charge is 2.41. The topological polar surface area (TPSA) is 98.7 Å². The van der Waals surface area contributed by atoms with Crippen LogP contribution in [-0.2, 0) is 19.8 Å². The van der Waals surface area contributed by atoms with Crippen molar-refractivity contribution in [2.75, 3.05) is 14.1 Å². The monoisotopic (exact) mass is 473 g/mol. The van der Waals surface area contributed by atoms with E-state index in [1.54, 1.807) is 27.1 Å². The van der Waals surface area contributed by atoms with Gasteiger partial charge in [0.05, 0.1) is 12.1 Å². The Kier molecular flexibility index (Phi) is 10.2. The molecular weight excluding hydrogens is 430 g/mol. The predicted octanol–water partition coefficient (Wildman–Crippen LogP) is 3.60. The van der Waals surface area contributed by atoms with Crippen molar-refractivity contribution in [3.05, 3.63) is 47.5 Å². The van der Waals surface area contributed by atoms with E-state index in [2.05, 4.69) is 10.6 Å². The number of amides is 2. The van der Waals surface area contributed by atoms with Gasteiger partial charge < -0.3 is 10.4 Å². The number of nitrogens with one attached hydrogen (secondary N) is 2. The van der Waals surface area contributed by atoms with Gasteiger partial charge in [0.15, 0.2) is 0 Å². The molecular formula is C27H43N3O4. The van der Waals surface area contributed by atoms with Crippen LogP contribution in [0.3, 0.4) is 0 Å². The molecule has 7 nitrogen and oxygen atoms in total. The van der Waals surface area contributed by atoms with E-state index in [9.17, 15) is 19.5 Å². The summed E-state index contributed by atoms with van der Waals surface area (Å²) in [5, 5.41) is 15.1. The molecule has 0 saturated heterocycles. The molecule has 1 rings (SSSR count). The van der Waals surface area contributed by atoms with Gasteiger partial charge in [0.1, 0.15) is 0 Å². The summed E-state index contributed by atoms with van der Waals surface area (Å²) in [7, 11) is 3.51. The third-order valence-corrected chi connectivity index (χ3v) is 6.42. The van der Waals surface area contributed by atoms with Crippen molar-refractivity contribution in [2.24, 2.45) is 11.3 Å². The Balaban J connectivity index is 3.27. The minimum atomic E-state index is -0.994. The molecule has 0 bridgehead atoms. The van der Waals surface area contributed by atoms with Gasteiger partial charge >= 0.3 is 5.97 Å². The van der Waals surface area contributed by atoms with Crippen molar-refractivity contribution >= 4 is 17.8 Å². The number of rotatable bonds is 10. The van der Waals surface area contributed by atoms with Crippen LogP contribution in [0.4, 0.5) is 0 Å². The van der Waals surface area contributed by atoms with Gasteiger partial charge in [-0.15, -0.1) is 0 Å². The molecule has 1 aromatic rings. The fourth-order valence-corrected chi connectivity index (χ4v) is 4.59. The third-order valence-electron chi connectivity index (χ3n) is 6.42. The zero-order chi connectivity index (χ0) is 26.4. The Morgan fingerprint density at radius 1 is 1.00 bits per heavy atom. The second-order valence-electron chi connectivity index (χ2n) is 11.0. The van der Waals surface area contributed by atoms with Crippen molar-refractivity contribution in [1.29, 1.82) is 0 Å². The molecule has 3 atom stereocenters. The highest BCUT2D eigenvalue weighted by atomic mass is 16.4. The molecule has 7 heteroatoms. The Morgan fingerprint density at radius 2 is 1.53 bits per heavy atom. The molecule has 3 N–H and O–H groups in total. The number of carbonyl (C=O) groups is 3. The summed E-state index contributed by atoms with van der Waals surface area (Å²) in [5.74, 6) is -1.75. The molecule has 1 aromatic carbocycles. The number of hydrogen-bond acceptors (Lipinski definition) is 5. The summed E-state index contributed by atoms with van der Waals surface area (Å²) in [6.45, 7) is 15.3. The molecule has 0 spiro atoms. The van der Waals surface area contributed by atoms with E-state index < -0.39 is 40.7 Å². The van der Waals surface area contributed by atoms with Crippen molar-refractivity contribution in [1.82, 2.24) is 15.5 Å². The average Bonchev–Trinajstić information content (AvgIpc) is 2.71. The SMILES string of the molecule is CNC(C(=O)NC(=O)C(N(C)C(/C=C(\C)C(=O)O)C(C)C)C(C)(C)C)C(C)(C)c1ccccc1. The fraction of sp³-hybridized carbons (Fsp3) is 0.593. The zero-order valence-corrected chi connectivity index (χ0v) is 22.4. The van der Waals surface area contributed by atoms with E-state index in [0.717, 1.165) is 5.56 Å². The van der Waals surface area contributed by atoms with E-state index >= 15 is 0 Å². The van der Waals surface area contributed by atoms with Crippen molar-refractivity contribution in [3.63, 3.8) is 0 Å². The van der Waals surface area contributed by atoms with Gasteiger partial charge in [-0.1, -0.05) is 84.9 Å². The number of imide groups is 1. The summed E-state index contributed by atoms with van der Waals surface area (Å²) >= 11 is 0. The van der Waals surface area contributed by atoms with Crippen molar-refractivity contribution in [3.8, 4) is 0 Å². The third kappa shape index (κ3) is 7.24. The van der Waals surface area contributed by atoms with Crippen molar-refractivity contribution in [2.45, 2.75) is 78.9 Å². The zero-order valence-electron chi connectivity index (χ0n) is 22.4. The van der Waals surface area contributed by atoms with Crippen LogP contribution in [0.5, 0.6) is 0 Å². The maximum atomic E-state index is 13.5. The second-order valence-corrected chi connectivity index (χ2v) is 11.0. The minimum absolute atomic E-state index is 0.0507. The molecule has 190 valence electrons. The lowest BCUT2D eigenvalue weighted by Gasteiger charge is -2.42. The normalized spacial score (nSPS) is 15.7. The maximum absolute atomic E-state index is 13.5. The predicted molar refractivity (Wildman–Crippen MR) is 136 cm³/mol. The number of likely N-dealkylation sites (N-methyl/N-ethyl adjacent to an activating group) is 2. The molecule has 0 heterocycles. The summed E-state index contributed by atoms with van der Waals surface area (Å²) < 4.78 is 0. The van der Waals surface area contributed by atoms with Crippen LogP contribution in [0.1, 0.15) is 61.0 Å². The molecule has 0 radical (unpaired) electrons. The van der Waals surface area contributed by atoms with Gasteiger partial charge in [-0.3, -0.25) is 19.8 Å². The van der Waals surface area contributed by atoms with Crippen LogP contribution in [0.15, 0.2) is 42.0 Å². The fourth-order valence-electron chi connectivity index (χ4n) is 4.59. The Labute approximate surface area is 205 Å². The van der Waals surface area contributed by atoms with E-state index in [0.29, 0.717) is 0 Å². The standard InChI is InChI=1S/C27H43N3O4/c1-17(2)20(16-18(3)25(33)34)30(10)22(26(4,5)6)24(32)29-23(31)21(28-9)27(7,8)19-14-12-11-13-15-19/h11-17,20-22,28H,1-10H3,(H,33,34)(H,29,31,32)/b18-16+. The molecule has 0 aliphatic heterocycles. The van der Waals surface area contributed by atoms with Gasteiger partial charge in [0.2, 0.25) is 11.8 Å². The number of benzene rings is 1. The van der Waals surface area contributed by atoms with Crippen LogP contribution >= 0.6 is 0 Å². The number of aliphatic carboxylic acids is 1. The first-order valence-corrected chi connectivity index (χ1v) is 11.8. The van der Waals surface area contributed by atoms with Crippen LogP contribution < -0.4 is 10.6 Å². The lowest BCUT2D eigenvalue weighted by Crippen LogP contribution is -2.60. The largest absolute Gasteiger partial charge is 0.478 e. The van der Waals surface area contributed by atoms with Crippen LogP contribution in [-0.4, -0.2) is 60.0 Å². The first kappa shape index (κ1) is 29.5. The molecule has 0 aliphatic carbocycles. The van der Waals surface area contributed by atoms with E-state index in [4.69, 9.17) is 0 Å². The lowest BCUT2D eigenvalue weighted by atomic mass is 9.77. The molecule has 3 unspecified atom stereocenters. The minimum Gasteiger partial charge on any atom is -0.478 e. The van der Waals surface area contributed by atoms with Crippen LogP contribution in [0.25, 0.3) is 0 Å². The summed E-state index contributed by atoms with van der Waals surface area (Å²) in [5.41, 5.74) is 0.122. The molecule has 0 aliphatic rings. The van der Waals surface area contributed by atoms with Gasteiger partial charge in [0, 0.05) is 17.0 Å². The van der Waals surface area contributed by atoms with Gasteiger partial charge in [-0.05, 0) is 37.9 Å². The summed E-state index contributed by atoms with van der Waals surface area (Å²) in [6.07, 6.45) is 1.68. The number of carboxylic acids is 1. The maximum Gasteiger partial charge on any atom is 0.331 e. The summed E-state index contributed by atoms with van der Waals surface area (Å²) in [6, 6.07) is 8.10. The second kappa shape index (κ2) is 11.8. The smallest absolute Gasteiger partial charge is 0.331 e. The highest BCUT2D eigenvalue weighted by molar-refractivity contribution is 6.01. The Bertz CT molecular complexity index is 885. The van der Waals surface area contributed by atoms with Crippen molar-refractivity contribution < 1.29 is 19.5 Å². The lowest BCUT2D eigenvalue weighted by molar-refractivity contribution is -0.138. The van der Waals surface area contributed by atoms with Gasteiger partial charge in [-0.2, -0.15) is 0 Å². The first-order chi connectivity index (χ1) is 15.5. The number of carbonyl (C=O) groups excluding carboxylic acids is 2.